The maximum atomic E-state index is 14.8. The molecule has 1 atom stereocenters. The van der Waals surface area contributed by atoms with Gasteiger partial charge in [-0.25, -0.2) is 14.2 Å². The lowest BCUT2D eigenvalue weighted by Gasteiger charge is -2.36. The van der Waals surface area contributed by atoms with E-state index in [2.05, 4.69) is 4.98 Å². The molecule has 0 bridgehead atoms. The van der Waals surface area contributed by atoms with Gasteiger partial charge in [-0.05, 0) is 62.1 Å². The van der Waals surface area contributed by atoms with Crippen molar-refractivity contribution in [2.75, 3.05) is 4.90 Å². The molecule has 1 amide bonds. The number of pyridine rings is 1. The number of aromatic amines is 1. The molecule has 0 radical (unpaired) electrons. The number of benzene rings is 2. The summed E-state index contributed by atoms with van der Waals surface area (Å²) < 4.78 is 22.4. The smallest absolute Gasteiger partial charge is 0.415 e. The Labute approximate surface area is 194 Å². The molecule has 6 rings (SSSR count). The normalized spacial score (nSPS) is 19.6. The third-order valence-electron chi connectivity index (χ3n) is 6.90. The molecule has 1 N–H and O–H groups in total. The highest BCUT2D eigenvalue weighted by Crippen LogP contribution is 2.51. The molecule has 2 aromatic heterocycles. The van der Waals surface area contributed by atoms with Crippen LogP contribution in [0.5, 0.6) is 0 Å². The maximum Gasteiger partial charge on any atom is 0.415 e. The molecule has 7 nitrogen and oxygen atoms in total. The summed E-state index contributed by atoms with van der Waals surface area (Å²) in [5.41, 5.74) is 1.37. The molecule has 0 unspecified atom stereocenters. The highest BCUT2D eigenvalue weighted by atomic mass is 19.1. The average Bonchev–Trinajstić information content (AvgIpc) is 3.37. The molecule has 2 aliphatic rings. The number of carbonyl (C=O) groups is 1. The minimum Gasteiger partial charge on any atom is -0.440 e. The first-order valence-corrected chi connectivity index (χ1v) is 11.5. The SMILES string of the molecule is O=C1OC2(CCCCC2)[C@@H](c2nc3cc(-n4ccccc4=O)ccc3[nH]2)N1c1ccccc1F. The van der Waals surface area contributed by atoms with E-state index < -0.39 is 23.6 Å². The van der Waals surface area contributed by atoms with Crippen molar-refractivity contribution in [1.29, 1.82) is 0 Å². The Hall–Kier alpha value is -3.94. The van der Waals surface area contributed by atoms with Gasteiger partial charge in [0.25, 0.3) is 5.56 Å². The van der Waals surface area contributed by atoms with Crippen molar-refractivity contribution in [3.63, 3.8) is 0 Å². The van der Waals surface area contributed by atoms with Crippen LogP contribution in [0.3, 0.4) is 0 Å². The number of hydrogen-bond donors (Lipinski definition) is 1. The van der Waals surface area contributed by atoms with Gasteiger partial charge in [0.05, 0.1) is 22.4 Å². The number of aromatic nitrogens is 3. The van der Waals surface area contributed by atoms with Crippen LogP contribution in [0.4, 0.5) is 14.9 Å². The number of para-hydroxylation sites is 1. The molecule has 4 aromatic rings. The van der Waals surface area contributed by atoms with E-state index >= 15 is 0 Å². The van der Waals surface area contributed by atoms with Crippen molar-refractivity contribution < 1.29 is 13.9 Å². The van der Waals surface area contributed by atoms with Gasteiger partial charge in [-0.15, -0.1) is 0 Å². The Morgan fingerprint density at radius 3 is 2.59 bits per heavy atom. The molecule has 1 spiro atoms. The standard InChI is InChI=1S/C26H23FN4O3/c27-18-8-2-3-9-21(18)31-23(26(34-25(31)33)13-5-1-6-14-26)24-28-19-12-11-17(16-20(19)29-24)30-15-7-4-10-22(30)32/h2-4,7-12,15-16,23H,1,5-6,13-14H2,(H,28,29)/t23-/m1/s1. The van der Waals surface area contributed by atoms with E-state index in [-0.39, 0.29) is 11.2 Å². The number of amides is 1. The lowest BCUT2D eigenvalue weighted by molar-refractivity contribution is 0.00312. The summed E-state index contributed by atoms with van der Waals surface area (Å²) in [7, 11) is 0. The fourth-order valence-electron chi connectivity index (χ4n) is 5.34. The molecule has 1 saturated heterocycles. The maximum absolute atomic E-state index is 14.8. The van der Waals surface area contributed by atoms with E-state index in [1.165, 1.54) is 17.0 Å². The first kappa shape index (κ1) is 20.7. The zero-order chi connectivity index (χ0) is 23.3. The Bertz CT molecular complexity index is 1450. The number of carbonyl (C=O) groups excluding carboxylic acids is 1. The quantitative estimate of drug-likeness (QED) is 0.455. The predicted molar refractivity (Wildman–Crippen MR) is 126 cm³/mol. The summed E-state index contributed by atoms with van der Waals surface area (Å²) in [4.78, 5) is 35.0. The molecule has 3 heterocycles. The number of halogens is 1. The lowest BCUT2D eigenvalue weighted by atomic mass is 9.79. The third kappa shape index (κ3) is 3.21. The van der Waals surface area contributed by atoms with Gasteiger partial charge in [0.2, 0.25) is 0 Å². The Morgan fingerprint density at radius 1 is 1.00 bits per heavy atom. The van der Waals surface area contributed by atoms with Crippen LogP contribution in [0.15, 0.2) is 71.7 Å². The Morgan fingerprint density at radius 2 is 1.79 bits per heavy atom. The number of imidazole rings is 1. The van der Waals surface area contributed by atoms with Crippen LogP contribution in [0.2, 0.25) is 0 Å². The van der Waals surface area contributed by atoms with E-state index in [9.17, 15) is 14.0 Å². The second kappa shape index (κ2) is 7.83. The Balaban J connectivity index is 1.49. The van der Waals surface area contributed by atoms with Gasteiger partial charge < -0.3 is 9.72 Å². The number of fused-ring (bicyclic) bond motifs is 1. The molecular weight excluding hydrogens is 435 g/mol. The van der Waals surface area contributed by atoms with Crippen LogP contribution in [-0.2, 0) is 4.74 Å². The van der Waals surface area contributed by atoms with Crippen LogP contribution >= 0.6 is 0 Å². The van der Waals surface area contributed by atoms with Gasteiger partial charge >= 0.3 is 6.09 Å². The molecule has 2 fully saturated rings. The van der Waals surface area contributed by atoms with Crippen molar-refractivity contribution >= 4 is 22.8 Å². The second-order valence-corrected chi connectivity index (χ2v) is 8.95. The fourth-order valence-corrected chi connectivity index (χ4v) is 5.34. The van der Waals surface area contributed by atoms with E-state index in [1.54, 1.807) is 41.1 Å². The summed E-state index contributed by atoms with van der Waals surface area (Å²) in [5, 5.41) is 0. The predicted octanol–water partition coefficient (Wildman–Crippen LogP) is 5.25. The number of nitrogens with one attached hydrogen (secondary N) is 1. The minimum absolute atomic E-state index is 0.140. The summed E-state index contributed by atoms with van der Waals surface area (Å²) in [6.45, 7) is 0. The molecule has 1 aliphatic heterocycles. The number of H-pyrrole nitrogens is 1. The summed E-state index contributed by atoms with van der Waals surface area (Å²) in [6.07, 6.45) is 5.45. The van der Waals surface area contributed by atoms with Crippen LogP contribution in [-0.4, -0.2) is 26.2 Å². The van der Waals surface area contributed by atoms with Crippen molar-refractivity contribution in [2.45, 2.75) is 43.7 Å². The van der Waals surface area contributed by atoms with Gasteiger partial charge in [-0.2, -0.15) is 0 Å². The second-order valence-electron chi connectivity index (χ2n) is 8.95. The first-order valence-electron chi connectivity index (χ1n) is 11.5. The molecule has 8 heteroatoms. The van der Waals surface area contributed by atoms with Crippen LogP contribution < -0.4 is 10.5 Å². The fraction of sp³-hybridized carbons (Fsp3) is 0.269. The van der Waals surface area contributed by atoms with Gasteiger partial charge in [-0.1, -0.05) is 24.6 Å². The molecule has 1 aliphatic carbocycles. The average molecular weight is 458 g/mol. The molecule has 1 saturated carbocycles. The van der Waals surface area contributed by atoms with Crippen molar-refractivity contribution in [2.24, 2.45) is 0 Å². The monoisotopic (exact) mass is 458 g/mol. The number of nitrogens with zero attached hydrogens (tertiary/aromatic N) is 3. The third-order valence-corrected chi connectivity index (χ3v) is 6.90. The Kier molecular flexibility index (Phi) is 4.76. The number of rotatable bonds is 3. The summed E-state index contributed by atoms with van der Waals surface area (Å²) in [6, 6.07) is 16.2. The molecule has 172 valence electrons. The summed E-state index contributed by atoms with van der Waals surface area (Å²) >= 11 is 0. The first-order chi connectivity index (χ1) is 16.6. The van der Waals surface area contributed by atoms with E-state index in [0.717, 1.165) is 24.8 Å². The van der Waals surface area contributed by atoms with E-state index in [0.29, 0.717) is 29.9 Å². The van der Waals surface area contributed by atoms with Gasteiger partial charge in [-0.3, -0.25) is 14.3 Å². The van der Waals surface area contributed by atoms with Crippen LogP contribution in [0.1, 0.15) is 44.0 Å². The molecular formula is C26H23FN4O3. The number of ether oxygens (including phenoxy) is 1. The topological polar surface area (TPSA) is 80.2 Å². The van der Waals surface area contributed by atoms with Crippen LogP contribution in [0, 0.1) is 5.82 Å². The van der Waals surface area contributed by atoms with Gasteiger partial charge in [0, 0.05) is 12.3 Å². The van der Waals surface area contributed by atoms with Crippen LogP contribution in [0.25, 0.3) is 16.7 Å². The zero-order valence-corrected chi connectivity index (χ0v) is 18.4. The zero-order valence-electron chi connectivity index (χ0n) is 18.4. The van der Waals surface area contributed by atoms with Gasteiger partial charge in [0.15, 0.2) is 0 Å². The number of anilines is 1. The molecule has 2 aromatic carbocycles. The summed E-state index contributed by atoms with van der Waals surface area (Å²) in [5.74, 6) is 0.0581. The van der Waals surface area contributed by atoms with Crippen molar-refractivity contribution in [3.05, 3.63) is 88.9 Å². The largest absolute Gasteiger partial charge is 0.440 e. The number of hydrogen-bond acceptors (Lipinski definition) is 4. The van der Waals surface area contributed by atoms with Gasteiger partial charge in [0.1, 0.15) is 23.3 Å². The van der Waals surface area contributed by atoms with E-state index in [4.69, 9.17) is 9.72 Å². The van der Waals surface area contributed by atoms with Crippen molar-refractivity contribution in [3.8, 4) is 5.69 Å². The highest BCUT2D eigenvalue weighted by Gasteiger charge is 2.57. The lowest BCUT2D eigenvalue weighted by Crippen LogP contribution is -2.41. The highest BCUT2D eigenvalue weighted by molar-refractivity contribution is 5.92. The van der Waals surface area contributed by atoms with E-state index in [1.807, 2.05) is 18.2 Å². The minimum atomic E-state index is -0.773. The molecule has 34 heavy (non-hydrogen) atoms. The van der Waals surface area contributed by atoms with Crippen molar-refractivity contribution in [1.82, 2.24) is 14.5 Å².